The number of hydrogen-bond donors (Lipinski definition) is 1. The van der Waals surface area contributed by atoms with Gasteiger partial charge in [0.15, 0.2) is 0 Å². The lowest BCUT2D eigenvalue weighted by atomic mass is 9.95. The van der Waals surface area contributed by atoms with Crippen molar-refractivity contribution in [1.82, 2.24) is 5.32 Å². The maximum Gasteiger partial charge on any atom is 0.0587 e. The third-order valence-electron chi connectivity index (χ3n) is 3.61. The van der Waals surface area contributed by atoms with Crippen LogP contribution in [0, 0.1) is 3.57 Å². The van der Waals surface area contributed by atoms with Crippen molar-refractivity contribution in [2.75, 3.05) is 6.54 Å². The normalized spacial score (nSPS) is 12.7. The molecule has 0 fully saturated rings. The summed E-state index contributed by atoms with van der Waals surface area (Å²) in [5.41, 5.74) is 4.03. The summed E-state index contributed by atoms with van der Waals surface area (Å²) in [6.07, 6.45) is 0. The Morgan fingerprint density at radius 2 is 1.67 bits per heavy atom. The van der Waals surface area contributed by atoms with Gasteiger partial charge in [0.1, 0.15) is 0 Å². The Labute approximate surface area is 149 Å². The summed E-state index contributed by atoms with van der Waals surface area (Å²) in [7, 11) is 0. The molecule has 0 heterocycles. The topological polar surface area (TPSA) is 12.0 Å². The zero-order valence-electron chi connectivity index (χ0n) is 12.7. The summed E-state index contributed by atoms with van der Waals surface area (Å²) in [6.45, 7) is 7.56. The quantitative estimate of drug-likeness (QED) is 0.553. The van der Waals surface area contributed by atoms with Crippen LogP contribution in [0.5, 0.6) is 0 Å². The van der Waals surface area contributed by atoms with Crippen LogP contribution in [0.4, 0.5) is 0 Å². The molecule has 21 heavy (non-hydrogen) atoms. The van der Waals surface area contributed by atoms with Gasteiger partial charge in [0.05, 0.1) is 6.04 Å². The zero-order chi connectivity index (χ0) is 15.4. The largest absolute Gasteiger partial charge is 0.306 e. The Balaban J connectivity index is 2.40. The lowest BCUT2D eigenvalue weighted by Gasteiger charge is -2.21. The van der Waals surface area contributed by atoms with Gasteiger partial charge in [-0.2, -0.15) is 0 Å². The lowest BCUT2D eigenvalue weighted by molar-refractivity contribution is 0.627. The van der Waals surface area contributed by atoms with E-state index in [0.717, 1.165) is 11.0 Å². The van der Waals surface area contributed by atoms with Crippen molar-refractivity contribution in [3.05, 3.63) is 67.2 Å². The number of hydrogen-bond acceptors (Lipinski definition) is 1. The van der Waals surface area contributed by atoms with Gasteiger partial charge in [-0.25, -0.2) is 0 Å². The molecule has 0 amide bonds. The third-order valence-corrected chi connectivity index (χ3v) is 5.09. The van der Waals surface area contributed by atoms with Gasteiger partial charge in [0, 0.05) is 8.04 Å². The monoisotopic (exact) mass is 457 g/mol. The van der Waals surface area contributed by atoms with Crippen LogP contribution < -0.4 is 5.32 Å². The van der Waals surface area contributed by atoms with E-state index in [9.17, 15) is 0 Å². The van der Waals surface area contributed by atoms with E-state index in [1.165, 1.54) is 20.3 Å². The van der Waals surface area contributed by atoms with Crippen molar-refractivity contribution in [3.63, 3.8) is 0 Å². The van der Waals surface area contributed by atoms with Crippen molar-refractivity contribution in [3.8, 4) is 0 Å². The first kappa shape index (κ1) is 17.0. The predicted octanol–water partition coefficient (Wildman–Crippen LogP) is 5.88. The van der Waals surface area contributed by atoms with E-state index >= 15 is 0 Å². The zero-order valence-corrected chi connectivity index (χ0v) is 16.4. The van der Waals surface area contributed by atoms with Gasteiger partial charge in [-0.1, -0.05) is 61.0 Å². The van der Waals surface area contributed by atoms with Crippen molar-refractivity contribution < 1.29 is 0 Å². The second-order valence-electron chi connectivity index (χ2n) is 5.48. The number of benzene rings is 2. The SMILES string of the molecule is CCNC(c1ccc(C(C)C)cc1)c1cc(Br)ccc1I. The molecule has 2 aromatic rings. The van der Waals surface area contributed by atoms with Crippen LogP contribution in [0.1, 0.15) is 49.4 Å². The minimum absolute atomic E-state index is 0.237. The predicted molar refractivity (Wildman–Crippen MR) is 103 cm³/mol. The number of rotatable bonds is 5. The van der Waals surface area contributed by atoms with E-state index in [4.69, 9.17) is 0 Å². The van der Waals surface area contributed by atoms with Gasteiger partial charge in [-0.3, -0.25) is 0 Å². The minimum Gasteiger partial charge on any atom is -0.306 e. The van der Waals surface area contributed by atoms with Gasteiger partial charge in [-0.05, 0) is 69.9 Å². The number of halogens is 2. The first-order valence-corrected chi connectivity index (χ1v) is 9.18. The second kappa shape index (κ2) is 7.75. The summed E-state index contributed by atoms with van der Waals surface area (Å²) in [4.78, 5) is 0. The Morgan fingerprint density at radius 1 is 1.05 bits per heavy atom. The first-order valence-electron chi connectivity index (χ1n) is 7.31. The molecule has 0 aliphatic heterocycles. The van der Waals surface area contributed by atoms with Gasteiger partial charge in [0.25, 0.3) is 0 Å². The molecule has 0 aliphatic carbocycles. The van der Waals surface area contributed by atoms with Crippen molar-refractivity contribution in [1.29, 1.82) is 0 Å². The maximum absolute atomic E-state index is 3.61. The molecule has 0 aliphatic rings. The Bertz CT molecular complexity index is 593. The van der Waals surface area contributed by atoms with E-state index in [2.05, 4.69) is 107 Å². The van der Waals surface area contributed by atoms with E-state index in [0.29, 0.717) is 5.92 Å². The van der Waals surface area contributed by atoms with Crippen LogP contribution in [0.15, 0.2) is 46.9 Å². The van der Waals surface area contributed by atoms with Crippen LogP contribution in [-0.2, 0) is 0 Å². The summed E-state index contributed by atoms with van der Waals surface area (Å²) < 4.78 is 2.41. The van der Waals surface area contributed by atoms with Crippen LogP contribution in [0.25, 0.3) is 0 Å². The number of nitrogens with one attached hydrogen (secondary N) is 1. The molecule has 1 nitrogen and oxygen atoms in total. The van der Waals surface area contributed by atoms with Gasteiger partial charge in [0.2, 0.25) is 0 Å². The highest BCUT2D eigenvalue weighted by atomic mass is 127. The molecule has 0 spiro atoms. The first-order chi connectivity index (χ1) is 10.0. The molecule has 1 atom stereocenters. The molecule has 0 saturated carbocycles. The van der Waals surface area contributed by atoms with Crippen LogP contribution >= 0.6 is 38.5 Å². The highest BCUT2D eigenvalue weighted by molar-refractivity contribution is 14.1. The highest BCUT2D eigenvalue weighted by Gasteiger charge is 2.16. The fraction of sp³-hybridized carbons (Fsp3) is 0.333. The van der Waals surface area contributed by atoms with Gasteiger partial charge in [-0.15, -0.1) is 0 Å². The van der Waals surface area contributed by atoms with Gasteiger partial charge < -0.3 is 5.32 Å². The molecule has 2 rings (SSSR count). The highest BCUT2D eigenvalue weighted by Crippen LogP contribution is 2.29. The van der Waals surface area contributed by atoms with Crippen molar-refractivity contribution >= 4 is 38.5 Å². The van der Waals surface area contributed by atoms with Gasteiger partial charge >= 0.3 is 0 Å². The van der Waals surface area contributed by atoms with E-state index < -0.39 is 0 Å². The van der Waals surface area contributed by atoms with E-state index in [-0.39, 0.29) is 6.04 Å². The van der Waals surface area contributed by atoms with Crippen molar-refractivity contribution in [2.45, 2.75) is 32.7 Å². The second-order valence-corrected chi connectivity index (χ2v) is 7.56. The molecule has 0 saturated heterocycles. The lowest BCUT2D eigenvalue weighted by Crippen LogP contribution is -2.22. The molecular formula is C18H21BrIN. The maximum atomic E-state index is 3.61. The van der Waals surface area contributed by atoms with E-state index in [1.807, 2.05) is 0 Å². The summed E-state index contributed by atoms with van der Waals surface area (Å²) in [5.74, 6) is 0.572. The standard InChI is InChI=1S/C18H21BrIN/c1-4-21-18(16-11-15(19)9-10-17(16)20)14-7-5-13(6-8-14)12(2)3/h5-12,18,21H,4H2,1-3H3. The van der Waals surface area contributed by atoms with Crippen LogP contribution in [0.2, 0.25) is 0 Å². The smallest absolute Gasteiger partial charge is 0.0587 e. The Hall–Kier alpha value is -0.390. The molecule has 0 bridgehead atoms. The summed E-state index contributed by atoms with van der Waals surface area (Å²) in [5, 5.41) is 3.61. The van der Waals surface area contributed by atoms with E-state index in [1.54, 1.807) is 0 Å². The molecular weight excluding hydrogens is 437 g/mol. The Morgan fingerprint density at radius 3 is 2.24 bits per heavy atom. The minimum atomic E-state index is 0.237. The average Bonchev–Trinajstić information content (AvgIpc) is 2.48. The average molecular weight is 458 g/mol. The van der Waals surface area contributed by atoms with Crippen LogP contribution in [0.3, 0.4) is 0 Å². The molecule has 0 radical (unpaired) electrons. The molecule has 1 N–H and O–H groups in total. The summed E-state index contributed by atoms with van der Waals surface area (Å²) in [6, 6.07) is 15.7. The Kier molecular flexibility index (Phi) is 6.26. The van der Waals surface area contributed by atoms with Crippen LogP contribution in [-0.4, -0.2) is 6.54 Å². The molecule has 1 unspecified atom stereocenters. The molecule has 112 valence electrons. The molecule has 3 heteroatoms. The fourth-order valence-corrected chi connectivity index (χ4v) is 3.45. The fourth-order valence-electron chi connectivity index (χ4n) is 2.42. The third kappa shape index (κ3) is 4.30. The molecule has 0 aromatic heterocycles. The van der Waals surface area contributed by atoms with Crippen molar-refractivity contribution in [2.24, 2.45) is 0 Å². The molecule has 2 aromatic carbocycles. The summed E-state index contributed by atoms with van der Waals surface area (Å²) >= 11 is 6.00.